The zero-order chi connectivity index (χ0) is 16.4. The van der Waals surface area contributed by atoms with Gasteiger partial charge in [-0.1, -0.05) is 12.1 Å². The molecule has 0 bridgehead atoms. The Morgan fingerprint density at radius 1 is 1.32 bits per heavy atom. The highest BCUT2D eigenvalue weighted by Crippen LogP contribution is 2.24. The van der Waals surface area contributed by atoms with E-state index in [0.29, 0.717) is 5.39 Å². The van der Waals surface area contributed by atoms with Crippen LogP contribution in [0.5, 0.6) is 0 Å². The van der Waals surface area contributed by atoms with Crippen LogP contribution in [0.1, 0.15) is 26.7 Å². The number of carbonyl (C=O) groups is 1. The standard InChI is InChI=1S/C15H18N2O4S/c1-15(2,8-6-14(18)19)17-22(20,21)13-5-3-4-11-10-16-9-7-12(11)13/h3-5,7,9-10,17H,6,8H2,1-2H3,(H,18,19). The number of pyridine rings is 1. The van der Waals surface area contributed by atoms with Gasteiger partial charge in [-0.3, -0.25) is 9.78 Å². The van der Waals surface area contributed by atoms with Gasteiger partial charge in [0.15, 0.2) is 0 Å². The Morgan fingerprint density at radius 2 is 2.05 bits per heavy atom. The van der Waals surface area contributed by atoms with Crippen molar-refractivity contribution in [2.45, 2.75) is 37.1 Å². The smallest absolute Gasteiger partial charge is 0.303 e. The van der Waals surface area contributed by atoms with E-state index in [2.05, 4.69) is 9.71 Å². The maximum atomic E-state index is 12.6. The Morgan fingerprint density at radius 3 is 2.73 bits per heavy atom. The van der Waals surface area contributed by atoms with Gasteiger partial charge in [0.25, 0.3) is 0 Å². The summed E-state index contributed by atoms with van der Waals surface area (Å²) >= 11 is 0. The molecule has 118 valence electrons. The molecule has 0 fully saturated rings. The third kappa shape index (κ3) is 3.80. The van der Waals surface area contributed by atoms with Gasteiger partial charge < -0.3 is 5.11 Å². The van der Waals surface area contributed by atoms with E-state index in [1.807, 2.05) is 0 Å². The Kier molecular flexibility index (Phi) is 4.48. The molecule has 0 aliphatic heterocycles. The zero-order valence-corrected chi connectivity index (χ0v) is 13.2. The molecule has 0 aliphatic carbocycles. The van der Waals surface area contributed by atoms with Crippen LogP contribution in [0.2, 0.25) is 0 Å². The van der Waals surface area contributed by atoms with Crippen LogP contribution in [0.4, 0.5) is 0 Å². The van der Waals surface area contributed by atoms with Crippen LogP contribution in [0.25, 0.3) is 10.8 Å². The lowest BCUT2D eigenvalue weighted by Gasteiger charge is -2.25. The fraction of sp³-hybridized carbons (Fsp3) is 0.333. The summed E-state index contributed by atoms with van der Waals surface area (Å²) in [6.07, 6.45) is 3.24. The molecule has 2 rings (SSSR count). The van der Waals surface area contributed by atoms with Crippen LogP contribution in [0, 0.1) is 0 Å². The first-order valence-electron chi connectivity index (χ1n) is 6.80. The average Bonchev–Trinajstić information content (AvgIpc) is 2.43. The van der Waals surface area contributed by atoms with Gasteiger partial charge in [-0.15, -0.1) is 0 Å². The van der Waals surface area contributed by atoms with E-state index in [9.17, 15) is 13.2 Å². The second-order valence-electron chi connectivity index (χ2n) is 5.74. The molecule has 0 spiro atoms. The molecule has 0 saturated heterocycles. The molecule has 0 amide bonds. The molecule has 6 nitrogen and oxygen atoms in total. The number of nitrogens with zero attached hydrogens (tertiary/aromatic N) is 1. The van der Waals surface area contributed by atoms with E-state index >= 15 is 0 Å². The fourth-order valence-corrected chi connectivity index (χ4v) is 3.89. The maximum absolute atomic E-state index is 12.6. The second kappa shape index (κ2) is 6.02. The van der Waals surface area contributed by atoms with Crippen molar-refractivity contribution in [1.29, 1.82) is 0 Å². The van der Waals surface area contributed by atoms with Gasteiger partial charge in [-0.05, 0) is 32.4 Å². The number of carboxylic acids is 1. The lowest BCUT2D eigenvalue weighted by atomic mass is 10.0. The Hall–Kier alpha value is -1.99. The van der Waals surface area contributed by atoms with Gasteiger partial charge in [0, 0.05) is 35.1 Å². The summed E-state index contributed by atoms with van der Waals surface area (Å²) in [5.41, 5.74) is -0.855. The molecule has 1 aromatic carbocycles. The van der Waals surface area contributed by atoms with Crippen LogP contribution < -0.4 is 4.72 Å². The van der Waals surface area contributed by atoms with Crippen molar-refractivity contribution in [3.63, 3.8) is 0 Å². The maximum Gasteiger partial charge on any atom is 0.303 e. The molecule has 2 aromatic rings. The SMILES string of the molecule is CC(C)(CCC(=O)O)NS(=O)(=O)c1cccc2cnccc12. The van der Waals surface area contributed by atoms with Gasteiger partial charge in [-0.25, -0.2) is 13.1 Å². The number of aromatic nitrogens is 1. The normalized spacial score (nSPS) is 12.5. The van der Waals surface area contributed by atoms with Gasteiger partial charge in [0.05, 0.1) is 4.90 Å². The van der Waals surface area contributed by atoms with E-state index in [1.54, 1.807) is 38.2 Å². The van der Waals surface area contributed by atoms with Crippen molar-refractivity contribution < 1.29 is 18.3 Å². The van der Waals surface area contributed by atoms with E-state index in [1.165, 1.54) is 12.3 Å². The first-order chi connectivity index (χ1) is 10.2. The average molecular weight is 322 g/mol. The lowest BCUT2D eigenvalue weighted by Crippen LogP contribution is -2.43. The molecule has 2 N–H and O–H groups in total. The topological polar surface area (TPSA) is 96.4 Å². The van der Waals surface area contributed by atoms with Crippen molar-refractivity contribution in [3.05, 3.63) is 36.7 Å². The summed E-state index contributed by atoms with van der Waals surface area (Å²) in [5, 5.41) is 10.1. The minimum Gasteiger partial charge on any atom is -0.481 e. The Balaban J connectivity index is 2.35. The Labute approximate surface area is 129 Å². The predicted octanol–water partition coefficient (Wildman–Crippen LogP) is 2.16. The minimum absolute atomic E-state index is 0.102. The fourth-order valence-electron chi connectivity index (χ4n) is 2.22. The van der Waals surface area contributed by atoms with E-state index in [0.717, 1.165) is 5.39 Å². The summed E-state index contributed by atoms with van der Waals surface area (Å²) < 4.78 is 27.8. The first-order valence-corrected chi connectivity index (χ1v) is 8.28. The zero-order valence-electron chi connectivity index (χ0n) is 12.4. The third-order valence-corrected chi connectivity index (χ3v) is 5.06. The number of sulfonamides is 1. The highest BCUT2D eigenvalue weighted by Gasteiger charge is 2.27. The highest BCUT2D eigenvalue weighted by molar-refractivity contribution is 7.89. The number of benzene rings is 1. The third-order valence-electron chi connectivity index (χ3n) is 3.30. The largest absolute Gasteiger partial charge is 0.481 e. The number of fused-ring (bicyclic) bond motifs is 1. The molecular weight excluding hydrogens is 304 g/mol. The van der Waals surface area contributed by atoms with Crippen molar-refractivity contribution in [2.75, 3.05) is 0 Å². The van der Waals surface area contributed by atoms with Gasteiger partial charge in [-0.2, -0.15) is 0 Å². The van der Waals surface area contributed by atoms with Crippen molar-refractivity contribution in [3.8, 4) is 0 Å². The van der Waals surface area contributed by atoms with Crippen molar-refractivity contribution >= 4 is 26.8 Å². The van der Waals surface area contributed by atoms with Crippen LogP contribution in [0.15, 0.2) is 41.6 Å². The predicted molar refractivity (Wildman–Crippen MR) is 83.0 cm³/mol. The molecule has 22 heavy (non-hydrogen) atoms. The lowest BCUT2D eigenvalue weighted by molar-refractivity contribution is -0.137. The summed E-state index contributed by atoms with van der Waals surface area (Å²) in [4.78, 5) is 14.8. The molecule has 0 saturated carbocycles. The number of rotatable bonds is 6. The number of carboxylic acid groups (broad SMARTS) is 1. The molecular formula is C15H18N2O4S. The second-order valence-corrected chi connectivity index (χ2v) is 7.39. The van der Waals surface area contributed by atoms with Crippen molar-refractivity contribution in [2.24, 2.45) is 0 Å². The van der Waals surface area contributed by atoms with Crippen LogP contribution in [-0.2, 0) is 14.8 Å². The Bertz CT molecular complexity index is 795. The molecule has 0 atom stereocenters. The number of aliphatic carboxylic acids is 1. The first kappa shape index (κ1) is 16.4. The molecule has 0 radical (unpaired) electrons. The van der Waals surface area contributed by atoms with Gasteiger partial charge in [0.1, 0.15) is 0 Å². The number of hydrogen-bond acceptors (Lipinski definition) is 4. The van der Waals surface area contributed by atoms with E-state index < -0.39 is 21.5 Å². The molecule has 7 heteroatoms. The minimum atomic E-state index is -3.76. The molecule has 0 unspecified atom stereocenters. The van der Waals surface area contributed by atoms with E-state index in [-0.39, 0.29) is 17.7 Å². The summed E-state index contributed by atoms with van der Waals surface area (Å²) in [7, 11) is -3.76. The van der Waals surface area contributed by atoms with Crippen LogP contribution >= 0.6 is 0 Å². The molecule has 0 aliphatic rings. The summed E-state index contributed by atoms with van der Waals surface area (Å²) in [5.74, 6) is -0.955. The van der Waals surface area contributed by atoms with E-state index in [4.69, 9.17) is 5.11 Å². The molecule has 1 aromatic heterocycles. The van der Waals surface area contributed by atoms with Gasteiger partial charge >= 0.3 is 5.97 Å². The quantitative estimate of drug-likeness (QED) is 0.849. The van der Waals surface area contributed by atoms with Gasteiger partial charge in [0.2, 0.25) is 10.0 Å². The number of nitrogens with one attached hydrogen (secondary N) is 1. The summed E-state index contributed by atoms with van der Waals surface area (Å²) in [6, 6.07) is 6.62. The number of hydrogen-bond donors (Lipinski definition) is 2. The highest BCUT2D eigenvalue weighted by atomic mass is 32.2. The molecule has 1 heterocycles. The van der Waals surface area contributed by atoms with Crippen LogP contribution in [-0.4, -0.2) is 30.0 Å². The summed E-state index contributed by atoms with van der Waals surface area (Å²) in [6.45, 7) is 3.33. The van der Waals surface area contributed by atoms with Crippen LogP contribution in [0.3, 0.4) is 0 Å². The monoisotopic (exact) mass is 322 g/mol. The van der Waals surface area contributed by atoms with Crippen molar-refractivity contribution in [1.82, 2.24) is 9.71 Å².